The van der Waals surface area contributed by atoms with Gasteiger partial charge in [0, 0.05) is 13.1 Å². The molecule has 1 aliphatic rings. The van der Waals surface area contributed by atoms with Gasteiger partial charge in [0.25, 0.3) is 0 Å². The summed E-state index contributed by atoms with van der Waals surface area (Å²) >= 11 is 0. The van der Waals surface area contributed by atoms with Crippen LogP contribution in [-0.4, -0.2) is 48.4 Å². The van der Waals surface area contributed by atoms with Gasteiger partial charge in [-0.2, -0.15) is 0 Å². The zero-order chi connectivity index (χ0) is 14.3. The molecule has 5 nitrogen and oxygen atoms in total. The van der Waals surface area contributed by atoms with Crippen molar-refractivity contribution >= 4 is 11.8 Å². The second kappa shape index (κ2) is 8.15. The van der Waals surface area contributed by atoms with Gasteiger partial charge in [-0.1, -0.05) is 13.8 Å². The number of hydrogen-bond acceptors (Lipinski definition) is 3. The molecule has 2 amide bonds. The first kappa shape index (κ1) is 16.0. The summed E-state index contributed by atoms with van der Waals surface area (Å²) in [4.78, 5) is 26.0. The van der Waals surface area contributed by atoms with Gasteiger partial charge in [0.2, 0.25) is 11.8 Å². The first-order valence-electron chi connectivity index (χ1n) is 7.43. The second-order valence-electron chi connectivity index (χ2n) is 5.15. The van der Waals surface area contributed by atoms with Gasteiger partial charge in [0.1, 0.15) is 6.04 Å². The van der Waals surface area contributed by atoms with Crippen LogP contribution < -0.4 is 10.6 Å². The molecule has 5 heteroatoms. The first-order chi connectivity index (χ1) is 9.11. The molecule has 110 valence electrons. The van der Waals surface area contributed by atoms with Gasteiger partial charge in [-0.15, -0.1) is 0 Å². The van der Waals surface area contributed by atoms with Crippen LogP contribution in [0.3, 0.4) is 0 Å². The molecule has 0 aromatic heterocycles. The molecule has 1 rings (SSSR count). The number of piperidine rings is 1. The normalized spacial score (nSPS) is 21.3. The predicted molar refractivity (Wildman–Crippen MR) is 75.8 cm³/mol. The molecular formula is C14H27N3O2. The topological polar surface area (TPSA) is 61.4 Å². The van der Waals surface area contributed by atoms with Crippen LogP contribution in [0.2, 0.25) is 0 Å². The van der Waals surface area contributed by atoms with E-state index in [1.165, 1.54) is 0 Å². The Kier molecular flexibility index (Phi) is 6.84. The minimum absolute atomic E-state index is 0.0497. The van der Waals surface area contributed by atoms with Gasteiger partial charge in [-0.05, 0) is 39.2 Å². The number of carbonyl (C=O) groups excluding carboxylic acids is 2. The van der Waals surface area contributed by atoms with E-state index < -0.39 is 0 Å². The molecule has 0 radical (unpaired) electrons. The SMILES string of the molecule is CCCNC(=O)C(C)N1CCCC(NCCC)C1=O. The smallest absolute Gasteiger partial charge is 0.242 e. The lowest BCUT2D eigenvalue weighted by Gasteiger charge is -2.36. The fraction of sp³-hybridized carbons (Fsp3) is 0.857. The summed E-state index contributed by atoms with van der Waals surface area (Å²) in [6.07, 6.45) is 3.75. The van der Waals surface area contributed by atoms with Crippen molar-refractivity contribution in [2.45, 2.75) is 58.5 Å². The van der Waals surface area contributed by atoms with Crippen molar-refractivity contribution in [1.29, 1.82) is 0 Å². The van der Waals surface area contributed by atoms with Gasteiger partial charge < -0.3 is 15.5 Å². The van der Waals surface area contributed by atoms with Crippen molar-refractivity contribution in [2.24, 2.45) is 0 Å². The monoisotopic (exact) mass is 269 g/mol. The maximum absolute atomic E-state index is 12.3. The Labute approximate surface area is 116 Å². The zero-order valence-electron chi connectivity index (χ0n) is 12.4. The van der Waals surface area contributed by atoms with E-state index in [9.17, 15) is 9.59 Å². The van der Waals surface area contributed by atoms with Crippen LogP contribution in [0.5, 0.6) is 0 Å². The van der Waals surface area contributed by atoms with Gasteiger partial charge in [-0.3, -0.25) is 9.59 Å². The van der Waals surface area contributed by atoms with Crippen molar-refractivity contribution in [3.05, 3.63) is 0 Å². The van der Waals surface area contributed by atoms with E-state index in [1.807, 2.05) is 13.8 Å². The lowest BCUT2D eigenvalue weighted by Crippen LogP contribution is -2.57. The minimum atomic E-state index is -0.370. The van der Waals surface area contributed by atoms with E-state index >= 15 is 0 Å². The fourth-order valence-corrected chi connectivity index (χ4v) is 2.33. The van der Waals surface area contributed by atoms with E-state index in [0.717, 1.165) is 32.2 Å². The second-order valence-corrected chi connectivity index (χ2v) is 5.15. The van der Waals surface area contributed by atoms with Gasteiger partial charge in [0.05, 0.1) is 6.04 Å². The predicted octanol–water partition coefficient (Wildman–Crippen LogP) is 0.892. The number of nitrogens with zero attached hydrogens (tertiary/aromatic N) is 1. The van der Waals surface area contributed by atoms with Gasteiger partial charge >= 0.3 is 0 Å². The van der Waals surface area contributed by atoms with E-state index in [1.54, 1.807) is 4.90 Å². The Morgan fingerprint density at radius 2 is 2.05 bits per heavy atom. The summed E-state index contributed by atoms with van der Waals surface area (Å²) < 4.78 is 0. The van der Waals surface area contributed by atoms with Gasteiger partial charge in [0.15, 0.2) is 0 Å². The van der Waals surface area contributed by atoms with E-state index in [-0.39, 0.29) is 23.9 Å². The highest BCUT2D eigenvalue weighted by Crippen LogP contribution is 2.15. The van der Waals surface area contributed by atoms with Crippen LogP contribution in [-0.2, 0) is 9.59 Å². The molecule has 2 N–H and O–H groups in total. The lowest BCUT2D eigenvalue weighted by molar-refractivity contribution is -0.143. The molecule has 1 fully saturated rings. The summed E-state index contributed by atoms with van der Waals surface area (Å²) in [5.41, 5.74) is 0. The molecule has 0 spiro atoms. The summed E-state index contributed by atoms with van der Waals surface area (Å²) in [5, 5.41) is 6.12. The highest BCUT2D eigenvalue weighted by atomic mass is 16.2. The van der Waals surface area contributed by atoms with Crippen LogP contribution >= 0.6 is 0 Å². The quantitative estimate of drug-likeness (QED) is 0.721. The van der Waals surface area contributed by atoms with Crippen molar-refractivity contribution in [3.63, 3.8) is 0 Å². The third-order valence-electron chi connectivity index (χ3n) is 3.51. The third kappa shape index (κ3) is 4.49. The molecule has 1 saturated heterocycles. The highest BCUT2D eigenvalue weighted by molar-refractivity contribution is 5.90. The highest BCUT2D eigenvalue weighted by Gasteiger charge is 2.33. The van der Waals surface area contributed by atoms with Crippen LogP contribution in [0.1, 0.15) is 46.5 Å². The summed E-state index contributed by atoms with van der Waals surface area (Å²) in [6, 6.07) is -0.486. The van der Waals surface area contributed by atoms with E-state index in [2.05, 4.69) is 17.6 Å². The molecule has 19 heavy (non-hydrogen) atoms. The van der Waals surface area contributed by atoms with Crippen molar-refractivity contribution in [2.75, 3.05) is 19.6 Å². The largest absolute Gasteiger partial charge is 0.354 e. The Morgan fingerprint density at radius 1 is 1.37 bits per heavy atom. The van der Waals surface area contributed by atoms with Gasteiger partial charge in [-0.25, -0.2) is 0 Å². The number of rotatable bonds is 7. The van der Waals surface area contributed by atoms with Crippen LogP contribution in [0.4, 0.5) is 0 Å². The number of nitrogens with one attached hydrogen (secondary N) is 2. The average molecular weight is 269 g/mol. The number of amides is 2. The van der Waals surface area contributed by atoms with E-state index in [0.29, 0.717) is 13.1 Å². The molecule has 0 aliphatic carbocycles. The molecule has 0 aromatic rings. The summed E-state index contributed by atoms with van der Waals surface area (Å²) in [6.45, 7) is 8.11. The fourth-order valence-electron chi connectivity index (χ4n) is 2.33. The number of carbonyl (C=O) groups is 2. The van der Waals surface area contributed by atoms with Crippen LogP contribution in [0.15, 0.2) is 0 Å². The summed E-state index contributed by atoms with van der Waals surface area (Å²) in [5.74, 6) is 0.0187. The Balaban J connectivity index is 2.55. The molecule has 1 heterocycles. The van der Waals surface area contributed by atoms with Crippen molar-refractivity contribution in [3.8, 4) is 0 Å². The Bertz CT molecular complexity index is 307. The molecular weight excluding hydrogens is 242 g/mol. The summed E-state index contributed by atoms with van der Waals surface area (Å²) in [7, 11) is 0. The van der Waals surface area contributed by atoms with Crippen LogP contribution in [0.25, 0.3) is 0 Å². The number of hydrogen-bond donors (Lipinski definition) is 2. The Hall–Kier alpha value is -1.10. The molecule has 0 bridgehead atoms. The molecule has 2 atom stereocenters. The third-order valence-corrected chi connectivity index (χ3v) is 3.51. The standard InChI is InChI=1S/C14H27N3O2/c1-4-8-15-12-7-6-10-17(14(12)19)11(3)13(18)16-9-5-2/h11-12,15H,4-10H2,1-3H3,(H,16,18). The van der Waals surface area contributed by atoms with Crippen molar-refractivity contribution < 1.29 is 9.59 Å². The number of likely N-dealkylation sites (tertiary alicyclic amines) is 1. The molecule has 2 unspecified atom stereocenters. The first-order valence-corrected chi connectivity index (χ1v) is 7.43. The molecule has 0 saturated carbocycles. The molecule has 1 aliphatic heterocycles. The van der Waals surface area contributed by atoms with Crippen LogP contribution in [0, 0.1) is 0 Å². The molecule has 0 aromatic carbocycles. The zero-order valence-corrected chi connectivity index (χ0v) is 12.4. The Morgan fingerprint density at radius 3 is 2.68 bits per heavy atom. The lowest BCUT2D eigenvalue weighted by atomic mass is 10.0. The maximum atomic E-state index is 12.3. The minimum Gasteiger partial charge on any atom is -0.354 e. The van der Waals surface area contributed by atoms with Crippen molar-refractivity contribution in [1.82, 2.24) is 15.5 Å². The average Bonchev–Trinajstić information content (AvgIpc) is 2.43. The maximum Gasteiger partial charge on any atom is 0.242 e. The van der Waals surface area contributed by atoms with E-state index in [4.69, 9.17) is 0 Å².